The summed E-state index contributed by atoms with van der Waals surface area (Å²) >= 11 is 0. The zero-order valence-corrected chi connectivity index (χ0v) is 20.7. The van der Waals surface area contributed by atoms with E-state index in [1.165, 1.54) is 18.2 Å². The van der Waals surface area contributed by atoms with Gasteiger partial charge < -0.3 is 20.3 Å². The molecule has 9 nitrogen and oxygen atoms in total. The summed E-state index contributed by atoms with van der Waals surface area (Å²) < 4.78 is 59.9. The van der Waals surface area contributed by atoms with Gasteiger partial charge in [0.15, 0.2) is 5.82 Å². The van der Waals surface area contributed by atoms with E-state index in [1.807, 2.05) is 4.90 Å². The Morgan fingerprint density at radius 1 is 1.11 bits per heavy atom. The molecule has 0 atom stereocenters. The maximum Gasteiger partial charge on any atom is 0.405 e. The molecule has 204 valence electrons. The Morgan fingerprint density at radius 3 is 2.45 bits per heavy atom. The fourth-order valence-electron chi connectivity index (χ4n) is 4.15. The largest absolute Gasteiger partial charge is 0.508 e. The number of morpholine rings is 1. The Balaban J connectivity index is 1.80. The maximum atomic E-state index is 15.2. The molecule has 3 N–H and O–H groups in total. The average molecular weight is 538 g/mol. The van der Waals surface area contributed by atoms with Crippen molar-refractivity contribution in [1.82, 2.24) is 25.0 Å². The van der Waals surface area contributed by atoms with Crippen molar-refractivity contribution in [3.8, 4) is 28.6 Å². The number of alkyl halides is 3. The molecule has 0 spiro atoms. The summed E-state index contributed by atoms with van der Waals surface area (Å²) in [6.07, 6.45) is -4.67. The van der Waals surface area contributed by atoms with Crippen LogP contribution in [0.1, 0.15) is 41.5 Å². The number of carbonyl (C=O) groups is 1. The van der Waals surface area contributed by atoms with Gasteiger partial charge in [-0.3, -0.25) is 14.3 Å². The number of nitrogens with zero attached hydrogens (tertiary/aromatic N) is 4. The van der Waals surface area contributed by atoms with E-state index in [0.29, 0.717) is 44.0 Å². The van der Waals surface area contributed by atoms with E-state index in [2.05, 4.69) is 10.2 Å². The van der Waals surface area contributed by atoms with Gasteiger partial charge in [-0.15, -0.1) is 10.2 Å². The zero-order valence-electron chi connectivity index (χ0n) is 20.7. The van der Waals surface area contributed by atoms with Crippen LogP contribution in [-0.4, -0.2) is 74.8 Å². The van der Waals surface area contributed by atoms with E-state index in [4.69, 9.17) is 4.74 Å². The second-order valence-electron chi connectivity index (χ2n) is 9.23. The lowest BCUT2D eigenvalue weighted by Crippen LogP contribution is -2.36. The van der Waals surface area contributed by atoms with Crippen molar-refractivity contribution in [2.24, 2.45) is 0 Å². The number of amides is 1. The van der Waals surface area contributed by atoms with Gasteiger partial charge in [-0.05, 0) is 29.7 Å². The van der Waals surface area contributed by atoms with Gasteiger partial charge in [-0.2, -0.15) is 13.2 Å². The Bertz CT molecular complexity index is 1320. The summed E-state index contributed by atoms with van der Waals surface area (Å²) in [5.41, 5.74) is 0.931. The van der Waals surface area contributed by atoms with Gasteiger partial charge in [0.2, 0.25) is 5.82 Å². The van der Waals surface area contributed by atoms with E-state index < -0.39 is 36.0 Å². The number of hydrogen-bond acceptors (Lipinski definition) is 7. The Labute approximate surface area is 215 Å². The molecular weight excluding hydrogens is 510 g/mol. The van der Waals surface area contributed by atoms with E-state index >= 15 is 4.39 Å². The van der Waals surface area contributed by atoms with Crippen LogP contribution in [0.5, 0.6) is 11.5 Å². The van der Waals surface area contributed by atoms with Crippen LogP contribution in [0.4, 0.5) is 17.6 Å². The number of rotatable bonds is 7. The highest BCUT2D eigenvalue weighted by Crippen LogP contribution is 2.38. The van der Waals surface area contributed by atoms with Crippen molar-refractivity contribution in [3.63, 3.8) is 0 Å². The van der Waals surface area contributed by atoms with Crippen LogP contribution in [0.25, 0.3) is 17.1 Å². The van der Waals surface area contributed by atoms with Gasteiger partial charge in [0.25, 0.3) is 5.91 Å². The highest BCUT2D eigenvalue weighted by molar-refractivity contribution is 5.92. The Hall–Kier alpha value is -3.71. The van der Waals surface area contributed by atoms with Crippen LogP contribution in [0.15, 0.2) is 30.3 Å². The summed E-state index contributed by atoms with van der Waals surface area (Å²) in [7, 11) is 0. The molecule has 1 saturated heterocycles. The molecule has 13 heteroatoms. The number of carbonyl (C=O) groups excluding carboxylic acids is 1. The van der Waals surface area contributed by atoms with Crippen molar-refractivity contribution in [2.75, 3.05) is 32.8 Å². The minimum Gasteiger partial charge on any atom is -0.508 e. The fraction of sp³-hybridized carbons (Fsp3) is 0.400. The molecule has 0 unspecified atom stereocenters. The topological polar surface area (TPSA) is 113 Å². The normalized spacial score (nSPS) is 14.7. The first-order valence-electron chi connectivity index (χ1n) is 11.9. The van der Waals surface area contributed by atoms with Crippen LogP contribution in [0.2, 0.25) is 0 Å². The van der Waals surface area contributed by atoms with E-state index in [1.54, 1.807) is 19.2 Å². The lowest BCUT2D eigenvalue weighted by molar-refractivity contribution is -0.123. The average Bonchev–Trinajstić information content (AvgIpc) is 3.29. The molecule has 1 aliphatic rings. The number of hydrogen-bond donors (Lipinski definition) is 3. The van der Waals surface area contributed by atoms with E-state index in [9.17, 15) is 28.2 Å². The Kier molecular flexibility index (Phi) is 7.88. The number of nitrogens with one attached hydrogen (secondary N) is 1. The minimum atomic E-state index is -4.67. The quantitative estimate of drug-likeness (QED) is 0.394. The van der Waals surface area contributed by atoms with Gasteiger partial charge >= 0.3 is 6.18 Å². The van der Waals surface area contributed by atoms with Crippen LogP contribution in [0, 0.1) is 5.82 Å². The molecule has 3 aromatic rings. The van der Waals surface area contributed by atoms with Crippen molar-refractivity contribution in [3.05, 3.63) is 53.1 Å². The van der Waals surface area contributed by atoms with Gasteiger partial charge in [0.05, 0.1) is 24.5 Å². The molecular formula is C25H27F4N5O4. The van der Waals surface area contributed by atoms with Gasteiger partial charge in [0, 0.05) is 31.3 Å². The third-order valence-corrected chi connectivity index (χ3v) is 6.12. The van der Waals surface area contributed by atoms with Gasteiger partial charge in [-0.25, -0.2) is 4.39 Å². The molecule has 0 saturated carbocycles. The van der Waals surface area contributed by atoms with Crippen molar-refractivity contribution >= 4 is 5.91 Å². The van der Waals surface area contributed by atoms with Crippen LogP contribution in [0.3, 0.4) is 0 Å². The number of benzene rings is 2. The van der Waals surface area contributed by atoms with Crippen molar-refractivity contribution in [1.29, 1.82) is 0 Å². The summed E-state index contributed by atoms with van der Waals surface area (Å²) in [5.74, 6) is -3.21. The molecule has 4 rings (SSSR count). The summed E-state index contributed by atoms with van der Waals surface area (Å²) in [6.45, 7) is 4.67. The first-order valence-corrected chi connectivity index (χ1v) is 11.9. The molecule has 0 bridgehead atoms. The van der Waals surface area contributed by atoms with Crippen molar-refractivity contribution in [2.45, 2.75) is 32.5 Å². The zero-order chi connectivity index (χ0) is 27.6. The molecule has 2 aromatic carbocycles. The fourth-order valence-corrected chi connectivity index (χ4v) is 4.15. The maximum absolute atomic E-state index is 15.2. The molecule has 1 amide bonds. The molecule has 0 aliphatic carbocycles. The molecule has 38 heavy (non-hydrogen) atoms. The first-order chi connectivity index (χ1) is 17.9. The monoisotopic (exact) mass is 537 g/mol. The van der Waals surface area contributed by atoms with Crippen LogP contribution < -0.4 is 5.32 Å². The predicted octanol–water partition coefficient (Wildman–Crippen LogP) is 3.73. The number of phenolic OH excluding ortho intramolecular Hbond substituents is 2. The molecule has 1 aliphatic heterocycles. The lowest BCUT2D eigenvalue weighted by atomic mass is 9.98. The number of halogens is 4. The van der Waals surface area contributed by atoms with Crippen molar-refractivity contribution < 1.29 is 37.3 Å². The van der Waals surface area contributed by atoms with Crippen LogP contribution in [-0.2, 0) is 11.3 Å². The molecule has 2 heterocycles. The summed E-state index contributed by atoms with van der Waals surface area (Å²) in [6, 6.07) is 6.67. The predicted molar refractivity (Wildman–Crippen MR) is 129 cm³/mol. The standard InChI is InChI=1S/C25H27F4N5O4/c1-14(2)17-10-18(21(36)11-20(17)35)22-31-32-23(24(37)30-13-25(27,28)29)34(22)16-4-3-15(19(26)9-16)12-33-5-7-38-8-6-33/h3-4,9-11,14,35-36H,5-8,12-13H2,1-2H3,(H,30,37). The molecule has 1 fully saturated rings. The SMILES string of the molecule is CC(C)c1cc(-c2nnc(C(=O)NCC(F)(F)F)n2-c2ccc(CN3CCOCC3)c(F)c2)c(O)cc1O. The minimum absolute atomic E-state index is 0.0478. The lowest BCUT2D eigenvalue weighted by Gasteiger charge is -2.26. The van der Waals surface area contributed by atoms with E-state index in [0.717, 1.165) is 16.7 Å². The summed E-state index contributed by atoms with van der Waals surface area (Å²) in [5, 5.41) is 30.3. The third-order valence-electron chi connectivity index (χ3n) is 6.12. The third kappa shape index (κ3) is 6.05. The highest BCUT2D eigenvalue weighted by atomic mass is 19.4. The number of phenols is 2. The van der Waals surface area contributed by atoms with Gasteiger partial charge in [-0.1, -0.05) is 19.9 Å². The highest BCUT2D eigenvalue weighted by Gasteiger charge is 2.30. The number of ether oxygens (including phenoxy) is 1. The van der Waals surface area contributed by atoms with E-state index in [-0.39, 0.29) is 28.7 Å². The smallest absolute Gasteiger partial charge is 0.405 e. The van der Waals surface area contributed by atoms with Crippen LogP contribution >= 0.6 is 0 Å². The molecule has 1 aromatic heterocycles. The second kappa shape index (κ2) is 11.0. The van der Waals surface area contributed by atoms with Gasteiger partial charge in [0.1, 0.15) is 23.9 Å². The number of aromatic hydroxyl groups is 2. The molecule has 0 radical (unpaired) electrons. The second-order valence-corrected chi connectivity index (χ2v) is 9.23. The Morgan fingerprint density at radius 2 is 1.82 bits per heavy atom. The number of aromatic nitrogens is 3. The first kappa shape index (κ1) is 27.3. The summed E-state index contributed by atoms with van der Waals surface area (Å²) in [4.78, 5) is 14.7.